The van der Waals surface area contributed by atoms with Gasteiger partial charge in [-0.2, -0.15) is 13.2 Å². The predicted molar refractivity (Wildman–Crippen MR) is 74.9 cm³/mol. The standard InChI is InChI=1S/C13H14BrF3N2O2/c1-8-3-9(5-10(14)4-8)12(21)19(2)6-11(20)18-7-13(15,16)17/h3-5H,6-7H2,1-2H3,(H,18,20). The summed E-state index contributed by atoms with van der Waals surface area (Å²) in [5, 5.41) is 1.72. The summed E-state index contributed by atoms with van der Waals surface area (Å²) in [6, 6.07) is 5.03. The third kappa shape index (κ3) is 6.16. The summed E-state index contributed by atoms with van der Waals surface area (Å²) in [7, 11) is 1.35. The maximum absolute atomic E-state index is 12.1. The molecule has 21 heavy (non-hydrogen) atoms. The fraction of sp³-hybridized carbons (Fsp3) is 0.385. The van der Waals surface area contributed by atoms with Crippen LogP contribution < -0.4 is 5.32 Å². The topological polar surface area (TPSA) is 49.4 Å². The first kappa shape index (κ1) is 17.5. The molecule has 0 aliphatic rings. The number of halogens is 4. The second-order valence-corrected chi connectivity index (χ2v) is 5.49. The van der Waals surface area contributed by atoms with Gasteiger partial charge >= 0.3 is 6.18 Å². The number of likely N-dealkylation sites (N-methyl/N-ethyl adjacent to an activating group) is 1. The van der Waals surface area contributed by atoms with Gasteiger partial charge in [-0.3, -0.25) is 9.59 Å². The van der Waals surface area contributed by atoms with E-state index in [0.717, 1.165) is 10.5 Å². The Kier molecular flexibility index (Phi) is 5.77. The van der Waals surface area contributed by atoms with Crippen molar-refractivity contribution >= 4 is 27.7 Å². The molecule has 0 spiro atoms. The van der Waals surface area contributed by atoms with Gasteiger partial charge in [0.15, 0.2) is 0 Å². The van der Waals surface area contributed by atoms with E-state index >= 15 is 0 Å². The summed E-state index contributed by atoms with van der Waals surface area (Å²) >= 11 is 3.25. The van der Waals surface area contributed by atoms with Crippen LogP contribution in [0.25, 0.3) is 0 Å². The molecular formula is C13H14BrF3N2O2. The van der Waals surface area contributed by atoms with Crippen molar-refractivity contribution in [1.29, 1.82) is 0 Å². The van der Waals surface area contributed by atoms with Gasteiger partial charge in [0.1, 0.15) is 6.54 Å². The SMILES string of the molecule is Cc1cc(Br)cc(C(=O)N(C)CC(=O)NCC(F)(F)F)c1. The first-order chi connectivity index (χ1) is 9.58. The molecule has 8 heteroatoms. The van der Waals surface area contributed by atoms with E-state index in [1.54, 1.807) is 24.4 Å². The number of hydrogen-bond acceptors (Lipinski definition) is 2. The zero-order chi connectivity index (χ0) is 16.2. The number of alkyl halides is 3. The summed E-state index contributed by atoms with van der Waals surface area (Å²) < 4.78 is 36.6. The van der Waals surface area contributed by atoms with Crippen molar-refractivity contribution in [1.82, 2.24) is 10.2 Å². The molecule has 1 N–H and O–H groups in total. The van der Waals surface area contributed by atoms with E-state index in [-0.39, 0.29) is 0 Å². The van der Waals surface area contributed by atoms with Gasteiger partial charge in [0.05, 0.1) is 6.54 Å². The Labute approximate surface area is 128 Å². The highest BCUT2D eigenvalue weighted by molar-refractivity contribution is 9.10. The molecule has 0 radical (unpaired) electrons. The van der Waals surface area contributed by atoms with E-state index in [0.29, 0.717) is 10.0 Å². The molecule has 0 saturated heterocycles. The van der Waals surface area contributed by atoms with Crippen molar-refractivity contribution in [2.75, 3.05) is 20.1 Å². The minimum atomic E-state index is -4.47. The quantitative estimate of drug-likeness (QED) is 0.889. The van der Waals surface area contributed by atoms with Crippen LogP contribution in [0, 0.1) is 6.92 Å². The first-order valence-electron chi connectivity index (χ1n) is 5.94. The normalized spacial score (nSPS) is 11.1. The van der Waals surface area contributed by atoms with Gasteiger partial charge in [-0.05, 0) is 30.7 Å². The lowest BCUT2D eigenvalue weighted by molar-refractivity contribution is -0.138. The molecule has 2 amide bonds. The van der Waals surface area contributed by atoms with Gasteiger partial charge in [-0.25, -0.2) is 0 Å². The molecule has 1 rings (SSSR count). The van der Waals surface area contributed by atoms with E-state index in [4.69, 9.17) is 0 Å². The van der Waals surface area contributed by atoms with Crippen LogP contribution in [0.1, 0.15) is 15.9 Å². The van der Waals surface area contributed by atoms with Crippen LogP contribution in [0.4, 0.5) is 13.2 Å². The van der Waals surface area contributed by atoms with Crippen LogP contribution in [0.3, 0.4) is 0 Å². The molecular weight excluding hydrogens is 353 g/mol. The summed E-state index contributed by atoms with van der Waals surface area (Å²) in [6.07, 6.45) is -4.47. The lowest BCUT2D eigenvalue weighted by atomic mass is 10.1. The molecule has 0 aromatic heterocycles. The van der Waals surface area contributed by atoms with E-state index in [2.05, 4.69) is 15.9 Å². The van der Waals surface area contributed by atoms with E-state index in [1.165, 1.54) is 7.05 Å². The van der Waals surface area contributed by atoms with Crippen LogP contribution in [0.2, 0.25) is 0 Å². The van der Waals surface area contributed by atoms with Crippen molar-refractivity contribution in [3.05, 3.63) is 33.8 Å². The summed E-state index contributed by atoms with van der Waals surface area (Å²) in [5.41, 5.74) is 1.20. The number of carbonyl (C=O) groups excluding carboxylic acids is 2. The minimum absolute atomic E-state index is 0.355. The maximum Gasteiger partial charge on any atom is 0.405 e. The van der Waals surface area contributed by atoms with Gasteiger partial charge in [0, 0.05) is 17.1 Å². The molecule has 1 aromatic carbocycles. The largest absolute Gasteiger partial charge is 0.405 e. The molecule has 0 heterocycles. The van der Waals surface area contributed by atoms with Gasteiger partial charge in [0.2, 0.25) is 5.91 Å². The van der Waals surface area contributed by atoms with Crippen LogP contribution in [0.5, 0.6) is 0 Å². The molecule has 0 bridgehead atoms. The lowest BCUT2D eigenvalue weighted by Gasteiger charge is -2.17. The first-order valence-corrected chi connectivity index (χ1v) is 6.74. The lowest BCUT2D eigenvalue weighted by Crippen LogP contribution is -2.41. The Morgan fingerprint density at radius 3 is 2.43 bits per heavy atom. The molecule has 0 aliphatic heterocycles. The van der Waals surface area contributed by atoms with Crippen molar-refractivity contribution in [3.8, 4) is 0 Å². The second-order valence-electron chi connectivity index (χ2n) is 4.57. The third-order valence-corrected chi connectivity index (χ3v) is 2.96. The number of rotatable bonds is 4. The number of hydrogen-bond donors (Lipinski definition) is 1. The molecule has 0 atom stereocenters. The average molecular weight is 367 g/mol. The third-order valence-electron chi connectivity index (χ3n) is 2.50. The van der Waals surface area contributed by atoms with Crippen LogP contribution >= 0.6 is 15.9 Å². The zero-order valence-electron chi connectivity index (χ0n) is 11.4. The average Bonchev–Trinajstić information content (AvgIpc) is 2.33. The fourth-order valence-corrected chi connectivity index (χ4v) is 2.23. The predicted octanol–water partition coefficient (Wildman–Crippen LogP) is 2.51. The van der Waals surface area contributed by atoms with E-state index < -0.39 is 31.1 Å². The van der Waals surface area contributed by atoms with Gasteiger partial charge < -0.3 is 10.2 Å². The van der Waals surface area contributed by atoms with Crippen LogP contribution in [-0.2, 0) is 4.79 Å². The highest BCUT2D eigenvalue weighted by atomic mass is 79.9. The van der Waals surface area contributed by atoms with Crippen molar-refractivity contribution < 1.29 is 22.8 Å². The maximum atomic E-state index is 12.1. The number of nitrogens with one attached hydrogen (secondary N) is 1. The van der Waals surface area contributed by atoms with Gasteiger partial charge in [-0.1, -0.05) is 15.9 Å². The van der Waals surface area contributed by atoms with Crippen molar-refractivity contribution in [2.24, 2.45) is 0 Å². The number of amides is 2. The molecule has 0 saturated carbocycles. The molecule has 0 unspecified atom stereocenters. The van der Waals surface area contributed by atoms with E-state index in [1.807, 2.05) is 6.07 Å². The van der Waals surface area contributed by atoms with E-state index in [9.17, 15) is 22.8 Å². The number of benzene rings is 1. The van der Waals surface area contributed by atoms with Crippen LogP contribution in [-0.4, -0.2) is 43.0 Å². The second kappa shape index (κ2) is 6.93. The summed E-state index contributed by atoms with van der Waals surface area (Å²) in [6.45, 7) is -0.0537. The zero-order valence-corrected chi connectivity index (χ0v) is 13.0. The number of aryl methyl sites for hydroxylation is 1. The molecule has 116 valence electrons. The summed E-state index contributed by atoms with van der Waals surface area (Å²) in [5.74, 6) is -1.31. The van der Waals surface area contributed by atoms with Crippen molar-refractivity contribution in [2.45, 2.75) is 13.1 Å². The monoisotopic (exact) mass is 366 g/mol. The fourth-order valence-electron chi connectivity index (χ4n) is 1.62. The minimum Gasteiger partial charge on any atom is -0.345 e. The van der Waals surface area contributed by atoms with Gasteiger partial charge in [-0.15, -0.1) is 0 Å². The highest BCUT2D eigenvalue weighted by Gasteiger charge is 2.28. The number of carbonyl (C=O) groups is 2. The van der Waals surface area contributed by atoms with Gasteiger partial charge in [0.25, 0.3) is 5.91 Å². The molecule has 0 aliphatic carbocycles. The number of nitrogens with zero attached hydrogens (tertiary/aromatic N) is 1. The smallest absolute Gasteiger partial charge is 0.345 e. The molecule has 1 aromatic rings. The molecule has 0 fully saturated rings. The van der Waals surface area contributed by atoms with Crippen LogP contribution in [0.15, 0.2) is 22.7 Å². The van der Waals surface area contributed by atoms with Crippen molar-refractivity contribution in [3.63, 3.8) is 0 Å². The summed E-state index contributed by atoms with van der Waals surface area (Å²) in [4.78, 5) is 24.5. The Bertz CT molecular complexity index is 526. The highest BCUT2D eigenvalue weighted by Crippen LogP contribution is 2.16. The Morgan fingerprint density at radius 1 is 1.29 bits per heavy atom. The molecule has 4 nitrogen and oxygen atoms in total. The Hall–Kier alpha value is -1.57. The Balaban J connectivity index is 2.64. The Morgan fingerprint density at radius 2 is 1.90 bits per heavy atom.